The van der Waals surface area contributed by atoms with Crippen LogP contribution in [-0.2, 0) is 15.1 Å². The molecule has 4 aliphatic carbocycles. The second kappa shape index (κ2) is 8.65. The van der Waals surface area contributed by atoms with Gasteiger partial charge in [-0.05, 0) is 116 Å². The van der Waals surface area contributed by atoms with Crippen LogP contribution in [0.4, 0.5) is 0 Å². The molecule has 2 aromatic carbocycles. The number of allylic oxidation sites excluding steroid dienone is 1. The highest BCUT2D eigenvalue weighted by Crippen LogP contribution is 2.69. The molecule has 0 bridgehead atoms. The molecular weight excluding hydrogens is 464 g/mol. The molecule has 2 aromatic rings. The monoisotopic (exact) mass is 508 g/mol. The normalized spacial score (nSPS) is 41.7. The van der Waals surface area contributed by atoms with Crippen molar-refractivity contribution >= 4 is 5.78 Å². The molecule has 0 aromatic heterocycles. The zero-order valence-corrected chi connectivity index (χ0v) is 23.5. The number of hydrogen-bond acceptors (Lipinski definition) is 2. The van der Waals surface area contributed by atoms with Gasteiger partial charge in [0.25, 0.3) is 0 Å². The number of ketones is 1. The first-order valence-corrected chi connectivity index (χ1v) is 15.3. The third-order valence-electron chi connectivity index (χ3n) is 12.6. The van der Waals surface area contributed by atoms with Gasteiger partial charge in [-0.15, -0.1) is 0 Å². The molecule has 0 unspecified atom stereocenters. The fourth-order valence-corrected chi connectivity index (χ4v) is 10.7. The van der Waals surface area contributed by atoms with Crippen LogP contribution < -0.4 is 0 Å². The average molecular weight is 509 g/mol. The van der Waals surface area contributed by atoms with Crippen LogP contribution in [0.1, 0.15) is 96.1 Å². The van der Waals surface area contributed by atoms with Crippen LogP contribution in [0.2, 0.25) is 0 Å². The summed E-state index contributed by atoms with van der Waals surface area (Å²) in [5.74, 6) is 3.28. The summed E-state index contributed by atoms with van der Waals surface area (Å²) in [6.45, 7) is 7.61. The van der Waals surface area contributed by atoms with Gasteiger partial charge in [0.1, 0.15) is 5.60 Å². The molecular formula is C36H44O2. The van der Waals surface area contributed by atoms with E-state index in [2.05, 4.69) is 81.4 Å². The van der Waals surface area contributed by atoms with Crippen LogP contribution in [0, 0.1) is 34.5 Å². The summed E-state index contributed by atoms with van der Waals surface area (Å²) in [5.41, 5.74) is 4.17. The fourth-order valence-electron chi connectivity index (χ4n) is 10.7. The molecule has 2 heteroatoms. The Labute approximate surface area is 229 Å². The van der Waals surface area contributed by atoms with E-state index in [0.717, 1.165) is 49.9 Å². The Bertz CT molecular complexity index is 1210. The Balaban J connectivity index is 1.21. The van der Waals surface area contributed by atoms with Crippen molar-refractivity contribution in [1.82, 2.24) is 0 Å². The predicted molar refractivity (Wildman–Crippen MR) is 153 cm³/mol. The highest BCUT2D eigenvalue weighted by atomic mass is 16.5. The standard InChI is InChI=1S/C36H44O2/c1-33-20-18-28(37)24-27(33)14-15-29-30-16-17-32(34(30,2)21-19-31(29)33)35(3)22-23-36(38-35,25-10-6-4-7-11-25)26-12-8-5-9-13-26/h4-13,24,29-32H,14-23H2,1-3H3/t29-,30+,31+,32+,33-,34-,35+/m0/s1. The fraction of sp³-hybridized carbons (Fsp3) is 0.583. The Morgan fingerprint density at radius 1 is 0.711 bits per heavy atom. The SMILES string of the molecule is C[C@]12CC[C@@H]3[C@@H](CCC4=CC(=O)CC[C@@]43C)[C@H]1CC[C@H]2[C@@]1(C)CCC(c2ccccc2)(c2ccccc2)O1. The Hall–Kier alpha value is -2.19. The molecule has 1 heterocycles. The summed E-state index contributed by atoms with van der Waals surface area (Å²) in [6.07, 6.45) is 13.7. The van der Waals surface area contributed by atoms with Gasteiger partial charge in [-0.3, -0.25) is 4.79 Å². The molecule has 200 valence electrons. The van der Waals surface area contributed by atoms with Crippen LogP contribution in [0.3, 0.4) is 0 Å². The first-order valence-electron chi connectivity index (χ1n) is 15.3. The second-order valence-corrected chi connectivity index (χ2v) is 14.1. The number of hydrogen-bond donors (Lipinski definition) is 0. The number of benzene rings is 2. The largest absolute Gasteiger partial charge is 0.359 e. The summed E-state index contributed by atoms with van der Waals surface area (Å²) in [7, 11) is 0. The summed E-state index contributed by atoms with van der Waals surface area (Å²) in [6, 6.07) is 22.0. The van der Waals surface area contributed by atoms with E-state index < -0.39 is 0 Å². The number of ether oxygens (including phenoxy) is 1. The van der Waals surface area contributed by atoms with E-state index in [9.17, 15) is 4.79 Å². The lowest BCUT2D eigenvalue weighted by molar-refractivity contribution is -0.150. The van der Waals surface area contributed by atoms with Crippen LogP contribution >= 0.6 is 0 Å². The van der Waals surface area contributed by atoms with Gasteiger partial charge in [0.05, 0.1) is 5.60 Å². The smallest absolute Gasteiger partial charge is 0.155 e. The maximum atomic E-state index is 12.2. The van der Waals surface area contributed by atoms with Crippen molar-refractivity contribution in [2.75, 3.05) is 0 Å². The summed E-state index contributed by atoms with van der Waals surface area (Å²) in [5, 5.41) is 0. The second-order valence-electron chi connectivity index (χ2n) is 14.1. The minimum absolute atomic E-state index is 0.122. The lowest BCUT2D eigenvalue weighted by Crippen LogP contribution is -2.53. The van der Waals surface area contributed by atoms with Gasteiger partial charge in [-0.2, -0.15) is 0 Å². The molecule has 3 saturated carbocycles. The van der Waals surface area contributed by atoms with Gasteiger partial charge in [-0.1, -0.05) is 80.1 Å². The van der Waals surface area contributed by atoms with Crippen LogP contribution in [-0.4, -0.2) is 11.4 Å². The van der Waals surface area contributed by atoms with Gasteiger partial charge >= 0.3 is 0 Å². The maximum Gasteiger partial charge on any atom is 0.155 e. The molecule has 0 radical (unpaired) electrons. The number of rotatable bonds is 3. The highest BCUT2D eigenvalue weighted by Gasteiger charge is 2.64. The Morgan fingerprint density at radius 2 is 1.39 bits per heavy atom. The van der Waals surface area contributed by atoms with Gasteiger partial charge in [-0.25, -0.2) is 0 Å². The van der Waals surface area contributed by atoms with Crippen molar-refractivity contribution in [1.29, 1.82) is 0 Å². The van der Waals surface area contributed by atoms with Crippen molar-refractivity contribution in [2.45, 2.75) is 96.2 Å². The van der Waals surface area contributed by atoms with Crippen molar-refractivity contribution in [3.05, 3.63) is 83.4 Å². The molecule has 2 nitrogen and oxygen atoms in total. The number of carbonyl (C=O) groups is 1. The maximum absolute atomic E-state index is 12.2. The first-order chi connectivity index (χ1) is 18.3. The lowest BCUT2D eigenvalue weighted by atomic mass is 9.46. The minimum atomic E-state index is -0.366. The molecule has 38 heavy (non-hydrogen) atoms. The average Bonchev–Trinajstić information content (AvgIpc) is 3.49. The van der Waals surface area contributed by atoms with Gasteiger partial charge < -0.3 is 4.74 Å². The third-order valence-corrected chi connectivity index (χ3v) is 12.6. The van der Waals surface area contributed by atoms with E-state index >= 15 is 0 Å². The van der Waals surface area contributed by atoms with Crippen molar-refractivity contribution in [3.8, 4) is 0 Å². The Morgan fingerprint density at radius 3 is 2.08 bits per heavy atom. The van der Waals surface area contributed by atoms with Gasteiger partial charge in [0.15, 0.2) is 5.78 Å². The van der Waals surface area contributed by atoms with E-state index in [4.69, 9.17) is 4.74 Å². The van der Waals surface area contributed by atoms with Crippen molar-refractivity contribution in [3.63, 3.8) is 0 Å². The highest BCUT2D eigenvalue weighted by molar-refractivity contribution is 5.91. The molecule has 0 N–H and O–H groups in total. The van der Waals surface area contributed by atoms with E-state index in [1.807, 2.05) is 6.08 Å². The Kier molecular flexibility index (Phi) is 5.65. The molecule has 5 aliphatic rings. The van der Waals surface area contributed by atoms with Gasteiger partial charge in [0, 0.05) is 6.42 Å². The lowest BCUT2D eigenvalue weighted by Gasteiger charge is -2.59. The molecule has 0 amide bonds. The molecule has 0 spiro atoms. The molecule has 7 atom stereocenters. The van der Waals surface area contributed by atoms with Gasteiger partial charge in [0.2, 0.25) is 0 Å². The topological polar surface area (TPSA) is 26.3 Å². The zero-order valence-electron chi connectivity index (χ0n) is 23.5. The van der Waals surface area contributed by atoms with Crippen molar-refractivity contribution in [2.24, 2.45) is 34.5 Å². The predicted octanol–water partition coefficient (Wildman–Crippen LogP) is 8.65. The summed E-state index contributed by atoms with van der Waals surface area (Å²) in [4.78, 5) is 12.2. The quantitative estimate of drug-likeness (QED) is 0.415. The number of carbonyl (C=O) groups excluding carboxylic acids is 1. The summed E-state index contributed by atoms with van der Waals surface area (Å²) >= 11 is 0. The van der Waals surface area contributed by atoms with E-state index in [-0.39, 0.29) is 16.6 Å². The molecule has 4 fully saturated rings. The summed E-state index contributed by atoms with van der Waals surface area (Å²) < 4.78 is 7.51. The van der Waals surface area contributed by atoms with Crippen LogP contribution in [0.15, 0.2) is 72.3 Å². The van der Waals surface area contributed by atoms with E-state index in [0.29, 0.717) is 17.1 Å². The minimum Gasteiger partial charge on any atom is -0.359 e. The van der Waals surface area contributed by atoms with E-state index in [1.165, 1.54) is 48.8 Å². The van der Waals surface area contributed by atoms with Crippen LogP contribution in [0.5, 0.6) is 0 Å². The number of fused-ring (bicyclic) bond motifs is 5. The first kappa shape index (κ1) is 24.8. The van der Waals surface area contributed by atoms with Crippen molar-refractivity contribution < 1.29 is 9.53 Å². The zero-order chi connectivity index (χ0) is 26.2. The van der Waals surface area contributed by atoms with Crippen LogP contribution in [0.25, 0.3) is 0 Å². The van der Waals surface area contributed by atoms with E-state index in [1.54, 1.807) is 0 Å². The molecule has 7 rings (SSSR count). The molecule has 1 aliphatic heterocycles. The molecule has 1 saturated heterocycles. The third kappa shape index (κ3) is 3.44.